The number of phenols is 1. The van der Waals surface area contributed by atoms with Crippen LogP contribution in [0.4, 0.5) is 0 Å². The minimum absolute atomic E-state index is 0.0968. The molecule has 0 aliphatic carbocycles. The lowest BCUT2D eigenvalue weighted by molar-refractivity contribution is -0.136. The van der Waals surface area contributed by atoms with Gasteiger partial charge in [0.1, 0.15) is 11.3 Å². The minimum atomic E-state index is -1.04. The fraction of sp³-hybridized carbons (Fsp3) is 0.200. The zero-order valence-electron chi connectivity index (χ0n) is 11.6. The van der Waals surface area contributed by atoms with Crippen LogP contribution in [0, 0.1) is 0 Å². The summed E-state index contributed by atoms with van der Waals surface area (Å²) in [4.78, 5) is 22.7. The van der Waals surface area contributed by atoms with Crippen LogP contribution in [0.25, 0.3) is 21.9 Å². The molecule has 0 aliphatic heterocycles. The Morgan fingerprint density at radius 1 is 1.27 bits per heavy atom. The molecule has 0 spiro atoms. The van der Waals surface area contributed by atoms with Gasteiger partial charge in [0.15, 0.2) is 5.58 Å². The van der Waals surface area contributed by atoms with Gasteiger partial charge in [-0.3, -0.25) is 4.79 Å². The normalized spacial score (nSPS) is 11.3. The van der Waals surface area contributed by atoms with E-state index < -0.39 is 11.6 Å². The van der Waals surface area contributed by atoms with Gasteiger partial charge in [-0.2, -0.15) is 0 Å². The number of ether oxygens (including phenoxy) is 1. The van der Waals surface area contributed by atoms with Crippen LogP contribution in [0.2, 0.25) is 0 Å². The highest BCUT2D eigenvalue weighted by Gasteiger charge is 2.19. The maximum Gasteiger partial charge on any atom is 0.336 e. The molecule has 3 rings (SSSR count). The molecule has 0 atom stereocenters. The molecule has 0 saturated carbocycles. The lowest BCUT2D eigenvalue weighted by Gasteiger charge is -2.07. The van der Waals surface area contributed by atoms with Crippen LogP contribution >= 0.6 is 0 Å². The van der Waals surface area contributed by atoms with Crippen molar-refractivity contribution in [2.75, 3.05) is 7.11 Å². The van der Waals surface area contributed by atoms with Crippen molar-refractivity contribution < 1.29 is 28.6 Å². The molecule has 2 N–H and O–H groups in total. The molecule has 7 nitrogen and oxygen atoms in total. The van der Waals surface area contributed by atoms with E-state index in [9.17, 15) is 14.7 Å². The number of rotatable bonds is 4. The number of benzene rings is 1. The second-order valence-corrected chi connectivity index (χ2v) is 4.83. The van der Waals surface area contributed by atoms with Crippen LogP contribution < -0.4 is 5.63 Å². The van der Waals surface area contributed by atoms with Crippen molar-refractivity contribution in [3.63, 3.8) is 0 Å². The number of hydrogen-bond acceptors (Lipinski definition) is 6. The SMILES string of the molecule is COCc1cc(=O)oc2c1c(O)cc1occ(CC(=O)O)c12. The summed E-state index contributed by atoms with van der Waals surface area (Å²) in [6, 6.07) is 2.59. The summed E-state index contributed by atoms with van der Waals surface area (Å²) in [5, 5.41) is 19.8. The van der Waals surface area contributed by atoms with Crippen molar-refractivity contribution >= 4 is 27.9 Å². The lowest BCUT2D eigenvalue weighted by Crippen LogP contribution is -2.03. The molecule has 2 heterocycles. The van der Waals surface area contributed by atoms with Crippen molar-refractivity contribution in [1.82, 2.24) is 0 Å². The molecule has 0 unspecified atom stereocenters. The first kappa shape index (κ1) is 14.2. The Balaban J connectivity index is 2.45. The number of carboxylic acids is 1. The number of hydrogen-bond donors (Lipinski definition) is 2. The largest absolute Gasteiger partial charge is 0.507 e. The monoisotopic (exact) mass is 304 g/mol. The van der Waals surface area contributed by atoms with Crippen molar-refractivity contribution in [2.45, 2.75) is 13.0 Å². The average Bonchev–Trinajstić information content (AvgIpc) is 2.80. The van der Waals surface area contributed by atoms with E-state index in [-0.39, 0.29) is 29.9 Å². The molecule has 0 radical (unpaired) electrons. The quantitative estimate of drug-likeness (QED) is 0.709. The fourth-order valence-electron chi connectivity index (χ4n) is 2.53. The van der Waals surface area contributed by atoms with E-state index in [1.807, 2.05) is 0 Å². The molecular formula is C15H12O7. The van der Waals surface area contributed by atoms with Gasteiger partial charge in [-0.15, -0.1) is 0 Å². The maximum absolute atomic E-state index is 11.7. The van der Waals surface area contributed by atoms with Crippen LogP contribution in [-0.2, 0) is 22.6 Å². The Kier molecular flexibility index (Phi) is 3.34. The van der Waals surface area contributed by atoms with Gasteiger partial charge in [-0.05, 0) is 5.56 Å². The van der Waals surface area contributed by atoms with E-state index in [0.29, 0.717) is 21.9 Å². The summed E-state index contributed by atoms with van der Waals surface area (Å²) in [5.41, 5.74) is 0.549. The van der Waals surface area contributed by atoms with Crippen molar-refractivity contribution in [3.8, 4) is 5.75 Å². The Morgan fingerprint density at radius 3 is 2.73 bits per heavy atom. The van der Waals surface area contributed by atoms with Crippen molar-refractivity contribution in [1.29, 1.82) is 0 Å². The number of aliphatic carboxylic acids is 1. The number of carbonyl (C=O) groups is 1. The molecular weight excluding hydrogens is 292 g/mol. The first-order valence-electron chi connectivity index (χ1n) is 6.40. The van der Waals surface area contributed by atoms with Gasteiger partial charge >= 0.3 is 11.6 Å². The molecule has 7 heteroatoms. The summed E-state index contributed by atoms with van der Waals surface area (Å²) in [7, 11) is 1.46. The number of fused-ring (bicyclic) bond motifs is 3. The average molecular weight is 304 g/mol. The minimum Gasteiger partial charge on any atom is -0.507 e. The van der Waals surface area contributed by atoms with E-state index in [1.54, 1.807) is 0 Å². The van der Waals surface area contributed by atoms with Gasteiger partial charge in [0.2, 0.25) is 0 Å². The Labute approximate surface area is 123 Å². The van der Waals surface area contributed by atoms with Gasteiger partial charge in [-0.1, -0.05) is 0 Å². The topological polar surface area (TPSA) is 110 Å². The van der Waals surface area contributed by atoms with Gasteiger partial charge in [-0.25, -0.2) is 4.79 Å². The Bertz CT molecular complexity index is 932. The highest BCUT2D eigenvalue weighted by Crippen LogP contribution is 2.37. The van der Waals surface area contributed by atoms with E-state index in [2.05, 4.69) is 0 Å². The second-order valence-electron chi connectivity index (χ2n) is 4.83. The van der Waals surface area contributed by atoms with Crippen LogP contribution in [0.1, 0.15) is 11.1 Å². The summed E-state index contributed by atoms with van der Waals surface area (Å²) in [6.07, 6.45) is 0.992. The van der Waals surface area contributed by atoms with E-state index in [1.165, 1.54) is 25.5 Å². The molecule has 0 fully saturated rings. The highest BCUT2D eigenvalue weighted by atomic mass is 16.5. The molecule has 22 heavy (non-hydrogen) atoms. The molecule has 2 aromatic heterocycles. The summed E-state index contributed by atoms with van der Waals surface area (Å²) in [5.74, 6) is -1.17. The molecule has 114 valence electrons. The second kappa shape index (κ2) is 5.19. The Morgan fingerprint density at radius 2 is 2.05 bits per heavy atom. The highest BCUT2D eigenvalue weighted by molar-refractivity contribution is 6.08. The third kappa shape index (κ3) is 2.21. The number of carboxylic acid groups (broad SMARTS) is 1. The predicted molar refractivity (Wildman–Crippen MR) is 76.0 cm³/mol. The standard InChI is InChI=1S/C15H12O7/c1-20-5-8-3-12(19)22-15-13(8)9(16)4-10-14(15)7(6-21-10)2-11(17)18/h3-4,6,16H,2,5H2,1H3,(H,17,18). The number of furan rings is 1. The van der Waals surface area contributed by atoms with Crippen LogP contribution in [0.5, 0.6) is 5.75 Å². The van der Waals surface area contributed by atoms with E-state index in [0.717, 1.165) is 0 Å². The molecule has 0 bridgehead atoms. The number of phenolic OH excluding ortho intramolecular Hbond substituents is 1. The van der Waals surface area contributed by atoms with Gasteiger partial charge < -0.3 is 23.8 Å². The zero-order chi connectivity index (χ0) is 15.9. The Hall–Kier alpha value is -2.80. The maximum atomic E-state index is 11.7. The first-order chi connectivity index (χ1) is 10.5. The molecule has 0 aliphatic rings. The van der Waals surface area contributed by atoms with Gasteiger partial charge in [0.25, 0.3) is 0 Å². The zero-order valence-corrected chi connectivity index (χ0v) is 11.6. The summed E-state index contributed by atoms with van der Waals surface area (Å²) in [6.45, 7) is 0.104. The molecule has 1 aromatic carbocycles. The molecule has 0 amide bonds. The summed E-state index contributed by atoms with van der Waals surface area (Å²) < 4.78 is 15.5. The smallest absolute Gasteiger partial charge is 0.336 e. The first-order valence-corrected chi connectivity index (χ1v) is 6.40. The third-order valence-electron chi connectivity index (χ3n) is 3.33. The van der Waals surface area contributed by atoms with Crippen LogP contribution in [-0.4, -0.2) is 23.3 Å². The lowest BCUT2D eigenvalue weighted by atomic mass is 10.0. The molecule has 0 saturated heterocycles. The fourth-order valence-corrected chi connectivity index (χ4v) is 2.53. The third-order valence-corrected chi connectivity index (χ3v) is 3.33. The van der Waals surface area contributed by atoms with Crippen LogP contribution in [0.15, 0.2) is 32.0 Å². The summed E-state index contributed by atoms with van der Waals surface area (Å²) >= 11 is 0. The molecule has 3 aromatic rings. The van der Waals surface area contributed by atoms with E-state index >= 15 is 0 Å². The number of methoxy groups -OCH3 is 1. The number of aromatic hydroxyl groups is 1. The van der Waals surface area contributed by atoms with Crippen molar-refractivity contribution in [2.24, 2.45) is 0 Å². The van der Waals surface area contributed by atoms with Crippen molar-refractivity contribution in [3.05, 3.63) is 39.9 Å². The van der Waals surface area contributed by atoms with Gasteiger partial charge in [0.05, 0.1) is 30.1 Å². The van der Waals surface area contributed by atoms with Crippen LogP contribution in [0.3, 0.4) is 0 Å². The van der Waals surface area contributed by atoms with E-state index in [4.69, 9.17) is 18.7 Å². The van der Waals surface area contributed by atoms with Gasteiger partial charge in [0, 0.05) is 24.8 Å². The predicted octanol–water partition coefficient (Wildman–Crippen LogP) is 2.02.